The first-order chi connectivity index (χ1) is 15.1. The first kappa shape index (κ1) is 19.3. The number of fused-ring (bicyclic) bond motifs is 1. The van der Waals surface area contributed by atoms with Crippen molar-refractivity contribution in [3.63, 3.8) is 0 Å². The summed E-state index contributed by atoms with van der Waals surface area (Å²) in [6, 6.07) is 14.3. The van der Waals surface area contributed by atoms with Crippen molar-refractivity contribution in [3.8, 4) is 22.8 Å². The molecule has 1 fully saturated rings. The Morgan fingerprint density at radius 2 is 1.94 bits per heavy atom. The van der Waals surface area contributed by atoms with Gasteiger partial charge < -0.3 is 14.4 Å². The zero-order chi connectivity index (χ0) is 21.4. The highest BCUT2D eigenvalue weighted by Gasteiger charge is 2.31. The number of carbonyl (C=O) groups is 1. The SMILES string of the molecule is O=C(c1ccccc1F)N1CCC[C@H]1Cn1nc(-c2ccc3c(c2)OCO3)ccc1=O. The number of benzene rings is 2. The second kappa shape index (κ2) is 7.86. The fourth-order valence-electron chi connectivity index (χ4n) is 4.07. The zero-order valence-electron chi connectivity index (χ0n) is 16.7. The summed E-state index contributed by atoms with van der Waals surface area (Å²) in [7, 11) is 0. The third-order valence-corrected chi connectivity index (χ3v) is 5.66. The van der Waals surface area contributed by atoms with Gasteiger partial charge in [0.05, 0.1) is 23.8 Å². The monoisotopic (exact) mass is 421 g/mol. The molecule has 0 N–H and O–H groups in total. The summed E-state index contributed by atoms with van der Waals surface area (Å²) in [5, 5.41) is 4.51. The molecule has 1 saturated heterocycles. The summed E-state index contributed by atoms with van der Waals surface area (Å²) in [6.45, 7) is 0.950. The topological polar surface area (TPSA) is 73.7 Å². The van der Waals surface area contributed by atoms with Gasteiger partial charge in [-0.15, -0.1) is 0 Å². The van der Waals surface area contributed by atoms with E-state index in [2.05, 4.69) is 5.10 Å². The quantitative estimate of drug-likeness (QED) is 0.647. The molecule has 0 radical (unpaired) electrons. The molecule has 0 unspecified atom stereocenters. The molecule has 0 spiro atoms. The average molecular weight is 421 g/mol. The number of nitrogens with zero attached hydrogens (tertiary/aromatic N) is 3. The molecular formula is C23H20FN3O4. The lowest BCUT2D eigenvalue weighted by Gasteiger charge is -2.25. The Balaban J connectivity index is 1.40. The second-order valence-electron chi connectivity index (χ2n) is 7.58. The molecule has 7 nitrogen and oxygen atoms in total. The fourth-order valence-corrected chi connectivity index (χ4v) is 4.07. The van der Waals surface area contributed by atoms with Gasteiger partial charge in [-0.1, -0.05) is 12.1 Å². The van der Waals surface area contributed by atoms with Crippen molar-refractivity contribution >= 4 is 5.91 Å². The van der Waals surface area contributed by atoms with Crippen LogP contribution in [-0.4, -0.2) is 40.0 Å². The molecule has 0 aliphatic carbocycles. The van der Waals surface area contributed by atoms with E-state index in [1.807, 2.05) is 12.1 Å². The molecule has 2 aliphatic rings. The maximum absolute atomic E-state index is 14.1. The van der Waals surface area contributed by atoms with E-state index < -0.39 is 5.82 Å². The molecule has 8 heteroatoms. The molecule has 1 aromatic heterocycles. The van der Waals surface area contributed by atoms with Crippen molar-refractivity contribution in [3.05, 3.63) is 76.3 Å². The Morgan fingerprint density at radius 3 is 2.81 bits per heavy atom. The number of carbonyl (C=O) groups excluding carboxylic acids is 1. The Morgan fingerprint density at radius 1 is 1.10 bits per heavy atom. The molecule has 158 valence electrons. The average Bonchev–Trinajstić information content (AvgIpc) is 3.44. The summed E-state index contributed by atoms with van der Waals surface area (Å²) < 4.78 is 26.2. The van der Waals surface area contributed by atoms with Gasteiger partial charge >= 0.3 is 0 Å². The van der Waals surface area contributed by atoms with E-state index in [9.17, 15) is 14.0 Å². The van der Waals surface area contributed by atoms with Crippen molar-refractivity contribution in [1.29, 1.82) is 0 Å². The smallest absolute Gasteiger partial charge is 0.266 e. The van der Waals surface area contributed by atoms with Crippen molar-refractivity contribution in [2.75, 3.05) is 13.3 Å². The largest absolute Gasteiger partial charge is 0.454 e. The fraction of sp³-hybridized carbons (Fsp3) is 0.261. The maximum atomic E-state index is 14.1. The number of halogens is 1. The number of rotatable bonds is 4. The third-order valence-electron chi connectivity index (χ3n) is 5.66. The molecule has 1 amide bonds. The molecule has 2 aliphatic heterocycles. The van der Waals surface area contributed by atoms with Crippen LogP contribution in [0.1, 0.15) is 23.2 Å². The van der Waals surface area contributed by atoms with Crippen molar-refractivity contribution < 1.29 is 18.7 Å². The van der Waals surface area contributed by atoms with Gasteiger partial charge in [0.25, 0.3) is 11.5 Å². The predicted octanol–water partition coefficient (Wildman–Crippen LogP) is 3.08. The number of likely N-dealkylation sites (tertiary alicyclic amines) is 1. The maximum Gasteiger partial charge on any atom is 0.266 e. The highest BCUT2D eigenvalue weighted by Crippen LogP contribution is 2.35. The molecule has 31 heavy (non-hydrogen) atoms. The normalized spacial score (nSPS) is 17.2. The van der Waals surface area contributed by atoms with Gasteiger partial charge in [-0.2, -0.15) is 5.10 Å². The van der Waals surface area contributed by atoms with Crippen LogP contribution in [0.25, 0.3) is 11.3 Å². The molecular weight excluding hydrogens is 401 g/mol. The van der Waals surface area contributed by atoms with Gasteiger partial charge in [-0.25, -0.2) is 9.07 Å². The Kier molecular flexibility index (Phi) is 4.89. The lowest BCUT2D eigenvalue weighted by molar-refractivity contribution is 0.0715. The molecule has 3 heterocycles. The van der Waals surface area contributed by atoms with Gasteiger partial charge in [-0.05, 0) is 49.2 Å². The van der Waals surface area contributed by atoms with E-state index in [1.54, 1.807) is 29.2 Å². The minimum absolute atomic E-state index is 0.0452. The lowest BCUT2D eigenvalue weighted by Crippen LogP contribution is -2.40. The van der Waals surface area contributed by atoms with E-state index in [-0.39, 0.29) is 36.4 Å². The van der Waals surface area contributed by atoms with Crippen LogP contribution in [0.3, 0.4) is 0 Å². The molecule has 5 rings (SSSR count). The number of hydrogen-bond donors (Lipinski definition) is 0. The minimum atomic E-state index is -0.543. The lowest BCUT2D eigenvalue weighted by atomic mass is 10.1. The number of ether oxygens (including phenoxy) is 2. The molecule has 1 atom stereocenters. The summed E-state index contributed by atoms with van der Waals surface area (Å²) in [5.74, 6) is 0.402. The van der Waals surface area contributed by atoms with Crippen LogP contribution >= 0.6 is 0 Å². The van der Waals surface area contributed by atoms with Crippen LogP contribution in [0.5, 0.6) is 11.5 Å². The number of aromatic nitrogens is 2. The summed E-state index contributed by atoms with van der Waals surface area (Å²) in [4.78, 5) is 27.0. The van der Waals surface area contributed by atoms with Gasteiger partial charge in [0.15, 0.2) is 11.5 Å². The van der Waals surface area contributed by atoms with Crippen molar-refractivity contribution in [2.24, 2.45) is 0 Å². The van der Waals surface area contributed by atoms with Crippen LogP contribution in [-0.2, 0) is 6.54 Å². The molecule has 0 bridgehead atoms. The zero-order valence-corrected chi connectivity index (χ0v) is 16.7. The highest BCUT2D eigenvalue weighted by molar-refractivity contribution is 5.94. The molecule has 3 aromatic rings. The summed E-state index contributed by atoms with van der Waals surface area (Å²) >= 11 is 0. The number of hydrogen-bond acceptors (Lipinski definition) is 5. The minimum Gasteiger partial charge on any atom is -0.454 e. The first-order valence-corrected chi connectivity index (χ1v) is 10.1. The van der Waals surface area contributed by atoms with Gasteiger partial charge in [0, 0.05) is 18.2 Å². The first-order valence-electron chi connectivity index (χ1n) is 10.1. The van der Waals surface area contributed by atoms with Crippen molar-refractivity contribution in [1.82, 2.24) is 14.7 Å². The Hall–Kier alpha value is -3.68. The Labute approximate surface area is 177 Å². The Bertz CT molecular complexity index is 1210. The van der Waals surface area contributed by atoms with Crippen LogP contribution < -0.4 is 15.0 Å². The van der Waals surface area contributed by atoms with E-state index in [1.165, 1.54) is 22.9 Å². The summed E-state index contributed by atoms with van der Waals surface area (Å²) in [6.07, 6.45) is 1.52. The van der Waals surface area contributed by atoms with E-state index in [4.69, 9.17) is 9.47 Å². The molecule has 2 aromatic carbocycles. The van der Waals surface area contributed by atoms with E-state index in [0.717, 1.165) is 18.4 Å². The van der Waals surface area contributed by atoms with Gasteiger partial charge in [0.2, 0.25) is 6.79 Å². The van der Waals surface area contributed by atoms with E-state index in [0.29, 0.717) is 23.7 Å². The van der Waals surface area contributed by atoms with E-state index >= 15 is 0 Å². The van der Waals surface area contributed by atoms with Gasteiger partial charge in [0.1, 0.15) is 5.82 Å². The van der Waals surface area contributed by atoms with Gasteiger partial charge in [-0.3, -0.25) is 9.59 Å². The molecule has 0 saturated carbocycles. The summed E-state index contributed by atoms with van der Waals surface area (Å²) in [5.41, 5.74) is 1.20. The predicted molar refractivity (Wildman–Crippen MR) is 111 cm³/mol. The third kappa shape index (κ3) is 3.65. The van der Waals surface area contributed by atoms with Crippen LogP contribution in [0, 0.1) is 5.82 Å². The van der Waals surface area contributed by atoms with Crippen LogP contribution in [0.4, 0.5) is 4.39 Å². The van der Waals surface area contributed by atoms with Crippen LogP contribution in [0.15, 0.2) is 59.4 Å². The standard InChI is InChI=1S/C23H20FN3O4/c24-18-6-2-1-5-17(18)23(29)26-11-3-4-16(26)13-27-22(28)10-8-19(25-27)15-7-9-20-21(12-15)31-14-30-20/h1-2,5-10,12,16H,3-4,11,13-14H2/t16-/m0/s1. The van der Waals surface area contributed by atoms with Crippen molar-refractivity contribution in [2.45, 2.75) is 25.4 Å². The second-order valence-corrected chi connectivity index (χ2v) is 7.58. The van der Waals surface area contributed by atoms with Crippen LogP contribution in [0.2, 0.25) is 0 Å². The highest BCUT2D eigenvalue weighted by atomic mass is 19.1. The number of amides is 1.